The largest absolute Gasteiger partial charge is 0.497 e. The van der Waals surface area contributed by atoms with Gasteiger partial charge in [-0.1, -0.05) is 6.07 Å². The van der Waals surface area contributed by atoms with Gasteiger partial charge in [0, 0.05) is 17.3 Å². The van der Waals surface area contributed by atoms with Crippen LogP contribution in [0.25, 0.3) is 0 Å². The molecule has 1 aliphatic rings. The van der Waals surface area contributed by atoms with Gasteiger partial charge in [-0.15, -0.1) is 0 Å². The Morgan fingerprint density at radius 2 is 1.67 bits per heavy atom. The third-order valence-electron chi connectivity index (χ3n) is 5.09. The number of nitrogens with zero attached hydrogens (tertiary/aromatic N) is 1. The number of carbonyl (C=O) groups is 1. The molecule has 2 amide bonds. The van der Waals surface area contributed by atoms with Crippen molar-refractivity contribution in [3.8, 4) is 0 Å². The highest BCUT2D eigenvalue weighted by Crippen LogP contribution is 2.36. The number of anilines is 2. The van der Waals surface area contributed by atoms with Crippen LogP contribution in [0, 0.1) is 5.82 Å². The van der Waals surface area contributed by atoms with Crippen LogP contribution in [-0.4, -0.2) is 29.3 Å². The van der Waals surface area contributed by atoms with E-state index in [1.165, 1.54) is 12.1 Å². The van der Waals surface area contributed by atoms with Gasteiger partial charge in [-0.25, -0.2) is 14.2 Å². The van der Waals surface area contributed by atoms with Gasteiger partial charge >= 0.3 is 19.3 Å². The molecular weight excluding hydrogens is 405 g/mol. The van der Waals surface area contributed by atoms with Crippen LogP contribution in [0.2, 0.25) is 0 Å². The molecule has 1 saturated heterocycles. The van der Waals surface area contributed by atoms with E-state index in [1.807, 2.05) is 27.7 Å². The molecule has 2 heterocycles. The van der Waals surface area contributed by atoms with Gasteiger partial charge < -0.3 is 14.6 Å². The van der Waals surface area contributed by atoms with Crippen molar-refractivity contribution in [1.82, 2.24) is 4.98 Å². The number of benzene rings is 1. The molecule has 6 nitrogen and oxygen atoms in total. The molecule has 30 heavy (non-hydrogen) atoms. The first-order chi connectivity index (χ1) is 13.8. The van der Waals surface area contributed by atoms with E-state index in [0.717, 1.165) is 18.3 Å². The third-order valence-corrected chi connectivity index (χ3v) is 5.09. The molecule has 2 aromatic rings. The summed E-state index contributed by atoms with van der Waals surface area (Å²) in [5.41, 5.74) is -1.97. The van der Waals surface area contributed by atoms with Crippen LogP contribution in [0.3, 0.4) is 0 Å². The minimum atomic E-state index is -4.57. The number of halogens is 4. The fourth-order valence-electron chi connectivity index (χ4n) is 2.72. The maximum atomic E-state index is 14.6. The molecule has 0 unspecified atom stereocenters. The number of nitrogens with one attached hydrogen (secondary N) is 2. The normalized spacial score (nSPS) is 17.7. The van der Waals surface area contributed by atoms with E-state index >= 15 is 0 Å². The van der Waals surface area contributed by atoms with E-state index in [0.29, 0.717) is 6.07 Å². The molecule has 1 aromatic carbocycles. The molecule has 0 spiro atoms. The summed E-state index contributed by atoms with van der Waals surface area (Å²) >= 11 is 0. The second kappa shape index (κ2) is 7.55. The molecule has 0 aliphatic carbocycles. The SMILES string of the molecule is CC1(C)OB(c2ccc(NC(=O)Nc3cc(C(F)(F)F)ccn3)cc2F)OC1(C)C. The van der Waals surface area contributed by atoms with Crippen molar-refractivity contribution in [2.45, 2.75) is 45.1 Å². The van der Waals surface area contributed by atoms with Crippen molar-refractivity contribution < 1.29 is 31.7 Å². The molecule has 1 aromatic heterocycles. The van der Waals surface area contributed by atoms with Gasteiger partial charge in [-0.05, 0) is 52.0 Å². The topological polar surface area (TPSA) is 72.5 Å². The molecule has 2 N–H and O–H groups in total. The van der Waals surface area contributed by atoms with E-state index in [-0.39, 0.29) is 17.0 Å². The fraction of sp³-hybridized carbons (Fsp3) is 0.368. The van der Waals surface area contributed by atoms with Gasteiger partial charge in [0.05, 0.1) is 16.8 Å². The second-order valence-corrected chi connectivity index (χ2v) is 7.83. The first-order valence-corrected chi connectivity index (χ1v) is 9.05. The van der Waals surface area contributed by atoms with Crippen molar-refractivity contribution in [2.24, 2.45) is 0 Å². The average Bonchev–Trinajstić information content (AvgIpc) is 2.81. The Balaban J connectivity index is 1.69. The summed E-state index contributed by atoms with van der Waals surface area (Å²) in [6.07, 6.45) is -3.64. The number of aromatic nitrogens is 1. The van der Waals surface area contributed by atoms with E-state index in [2.05, 4.69) is 15.6 Å². The third kappa shape index (κ3) is 4.57. The summed E-state index contributed by atoms with van der Waals surface area (Å²) in [5, 5.41) is 4.53. The number of amides is 2. The molecule has 160 valence electrons. The highest BCUT2D eigenvalue weighted by Gasteiger charge is 2.52. The highest BCUT2D eigenvalue weighted by molar-refractivity contribution is 6.62. The average molecular weight is 425 g/mol. The number of pyridine rings is 1. The molecule has 1 fully saturated rings. The van der Waals surface area contributed by atoms with E-state index in [4.69, 9.17) is 9.31 Å². The van der Waals surface area contributed by atoms with Crippen LogP contribution in [0.4, 0.5) is 33.9 Å². The molecule has 3 rings (SSSR count). The first kappa shape index (κ1) is 22.0. The highest BCUT2D eigenvalue weighted by atomic mass is 19.4. The van der Waals surface area contributed by atoms with Gasteiger partial charge in [0.15, 0.2) is 0 Å². The standard InChI is InChI=1S/C19H20BF4N3O3/c1-17(2)18(3,4)30-20(29-17)13-6-5-12(10-14(13)21)26-16(28)27-15-9-11(7-8-25-15)19(22,23)24/h5-10H,1-4H3,(H2,25,26,27,28). The molecule has 0 radical (unpaired) electrons. The minimum Gasteiger partial charge on any atom is -0.399 e. The zero-order valence-electron chi connectivity index (χ0n) is 16.7. The molecule has 0 saturated carbocycles. The maximum Gasteiger partial charge on any atom is 0.497 e. The lowest BCUT2D eigenvalue weighted by Gasteiger charge is -2.32. The van der Waals surface area contributed by atoms with Crippen molar-refractivity contribution in [1.29, 1.82) is 0 Å². The number of hydrogen-bond donors (Lipinski definition) is 2. The van der Waals surface area contributed by atoms with Crippen molar-refractivity contribution in [2.75, 3.05) is 10.6 Å². The Kier molecular flexibility index (Phi) is 5.55. The lowest BCUT2D eigenvalue weighted by atomic mass is 9.78. The Morgan fingerprint density at radius 3 is 2.23 bits per heavy atom. The quantitative estimate of drug-likeness (QED) is 0.572. The van der Waals surface area contributed by atoms with E-state index in [9.17, 15) is 22.4 Å². The molecule has 11 heteroatoms. The lowest BCUT2D eigenvalue weighted by Crippen LogP contribution is -2.41. The minimum absolute atomic E-state index is 0.0947. The van der Waals surface area contributed by atoms with Crippen LogP contribution in [-0.2, 0) is 15.5 Å². The Morgan fingerprint density at radius 1 is 1.03 bits per heavy atom. The Hall–Kier alpha value is -2.66. The maximum absolute atomic E-state index is 14.6. The van der Waals surface area contributed by atoms with Crippen LogP contribution >= 0.6 is 0 Å². The van der Waals surface area contributed by atoms with Gasteiger partial charge in [0.25, 0.3) is 0 Å². The zero-order chi connectivity index (χ0) is 22.3. The van der Waals surface area contributed by atoms with E-state index in [1.54, 1.807) is 0 Å². The number of urea groups is 1. The summed E-state index contributed by atoms with van der Waals surface area (Å²) in [6, 6.07) is 4.52. The summed E-state index contributed by atoms with van der Waals surface area (Å²) in [5.74, 6) is -0.958. The molecular formula is C19H20BF4N3O3. The van der Waals surface area contributed by atoms with Crippen LogP contribution in [0.15, 0.2) is 36.5 Å². The summed E-state index contributed by atoms with van der Waals surface area (Å²) in [6.45, 7) is 7.36. The Bertz CT molecular complexity index is 950. The first-order valence-electron chi connectivity index (χ1n) is 9.05. The summed E-state index contributed by atoms with van der Waals surface area (Å²) < 4.78 is 64.4. The van der Waals surface area contributed by atoms with Crippen LogP contribution in [0.1, 0.15) is 33.3 Å². The van der Waals surface area contributed by atoms with E-state index < -0.39 is 41.9 Å². The Labute approximate surface area is 171 Å². The summed E-state index contributed by atoms with van der Waals surface area (Å²) in [7, 11) is -0.910. The monoisotopic (exact) mass is 425 g/mol. The second-order valence-electron chi connectivity index (χ2n) is 7.83. The molecule has 0 bridgehead atoms. The lowest BCUT2D eigenvalue weighted by molar-refractivity contribution is -0.137. The zero-order valence-corrected chi connectivity index (χ0v) is 16.7. The van der Waals surface area contributed by atoms with Gasteiger partial charge in [0.1, 0.15) is 11.6 Å². The van der Waals surface area contributed by atoms with Crippen LogP contribution in [0.5, 0.6) is 0 Å². The van der Waals surface area contributed by atoms with Crippen molar-refractivity contribution in [3.63, 3.8) is 0 Å². The smallest absolute Gasteiger partial charge is 0.399 e. The number of carbonyl (C=O) groups excluding carboxylic acids is 1. The van der Waals surface area contributed by atoms with Gasteiger partial charge in [-0.3, -0.25) is 5.32 Å². The van der Waals surface area contributed by atoms with Gasteiger partial charge in [0.2, 0.25) is 0 Å². The fourth-order valence-corrected chi connectivity index (χ4v) is 2.72. The molecule has 1 aliphatic heterocycles. The van der Waals surface area contributed by atoms with Crippen LogP contribution < -0.4 is 16.1 Å². The predicted molar refractivity (Wildman–Crippen MR) is 104 cm³/mol. The predicted octanol–water partition coefficient (Wildman–Crippen LogP) is 4.18. The van der Waals surface area contributed by atoms with Gasteiger partial charge in [-0.2, -0.15) is 13.2 Å². The number of alkyl halides is 3. The van der Waals surface area contributed by atoms with Crippen molar-refractivity contribution in [3.05, 3.63) is 47.9 Å². The van der Waals surface area contributed by atoms with Crippen molar-refractivity contribution >= 4 is 30.1 Å². The summed E-state index contributed by atoms with van der Waals surface area (Å²) in [4.78, 5) is 15.7. The molecule has 0 atom stereocenters. The number of rotatable bonds is 3. The number of hydrogen-bond acceptors (Lipinski definition) is 4.